The highest BCUT2D eigenvalue weighted by Crippen LogP contribution is 2.68. The molecule has 4 aliphatic carbocycles. The highest BCUT2D eigenvalue weighted by atomic mass is 14.6. The first-order valence-electron chi connectivity index (χ1n) is 12.7. The zero-order valence-electron chi connectivity index (χ0n) is 19.4. The van der Waals surface area contributed by atoms with Crippen LogP contribution in [-0.4, -0.2) is 0 Å². The van der Waals surface area contributed by atoms with E-state index in [9.17, 15) is 0 Å². The highest BCUT2D eigenvalue weighted by molar-refractivity contribution is 5.09. The molecule has 0 N–H and O–H groups in total. The van der Waals surface area contributed by atoms with Gasteiger partial charge in [0.15, 0.2) is 0 Å². The van der Waals surface area contributed by atoms with Crippen molar-refractivity contribution >= 4 is 0 Å². The third-order valence-corrected chi connectivity index (χ3v) is 10.6. The average molecular weight is 373 g/mol. The molecule has 0 heterocycles. The molecule has 0 amide bonds. The lowest BCUT2D eigenvalue weighted by Crippen LogP contribution is -2.55. The average Bonchev–Trinajstić information content (AvgIpc) is 2.91. The maximum atomic E-state index is 2.74. The molecule has 8 atom stereocenters. The van der Waals surface area contributed by atoms with Crippen molar-refractivity contribution in [3.8, 4) is 0 Å². The van der Waals surface area contributed by atoms with E-state index in [1.807, 2.05) is 0 Å². The van der Waals surface area contributed by atoms with Crippen LogP contribution in [0.2, 0.25) is 0 Å². The third-order valence-electron chi connectivity index (χ3n) is 10.6. The summed E-state index contributed by atoms with van der Waals surface area (Å²) >= 11 is 0. The van der Waals surface area contributed by atoms with Gasteiger partial charge < -0.3 is 0 Å². The van der Waals surface area contributed by atoms with E-state index in [0.29, 0.717) is 16.2 Å². The van der Waals surface area contributed by atoms with Crippen molar-refractivity contribution in [3.63, 3.8) is 0 Å². The molecule has 4 saturated carbocycles. The normalized spacial score (nSPS) is 50.0. The minimum atomic E-state index is 0.514. The summed E-state index contributed by atoms with van der Waals surface area (Å²) in [6.45, 7) is 15.4. The molecule has 0 aromatic heterocycles. The Kier molecular flexibility index (Phi) is 5.30. The van der Waals surface area contributed by atoms with Crippen LogP contribution in [0.4, 0.5) is 0 Å². The van der Waals surface area contributed by atoms with Crippen molar-refractivity contribution in [1.29, 1.82) is 0 Å². The van der Waals surface area contributed by atoms with E-state index in [-0.39, 0.29) is 0 Å². The van der Waals surface area contributed by atoms with Crippen LogP contribution in [0.15, 0.2) is 0 Å². The molecular weight excluding hydrogens is 324 g/mol. The zero-order valence-corrected chi connectivity index (χ0v) is 19.4. The number of rotatable bonds is 3. The summed E-state index contributed by atoms with van der Waals surface area (Å²) in [5.41, 5.74) is 1.88. The lowest BCUT2D eigenvalue weighted by atomic mass is 9.43. The lowest BCUT2D eigenvalue weighted by molar-refractivity contribution is -0.132. The molecule has 0 bridgehead atoms. The second kappa shape index (κ2) is 7.05. The van der Waals surface area contributed by atoms with E-state index < -0.39 is 0 Å². The van der Waals surface area contributed by atoms with Crippen molar-refractivity contribution in [3.05, 3.63) is 0 Å². The molecule has 0 heteroatoms. The van der Waals surface area contributed by atoms with Gasteiger partial charge in [0.05, 0.1) is 0 Å². The van der Waals surface area contributed by atoms with Gasteiger partial charge in [0.25, 0.3) is 0 Å². The van der Waals surface area contributed by atoms with E-state index in [4.69, 9.17) is 0 Å². The van der Waals surface area contributed by atoms with E-state index >= 15 is 0 Å². The fourth-order valence-electron chi connectivity index (χ4n) is 9.27. The summed E-state index contributed by atoms with van der Waals surface area (Å²) in [6, 6.07) is 0. The largest absolute Gasteiger partial charge is 0.0622 e. The van der Waals surface area contributed by atoms with Crippen LogP contribution >= 0.6 is 0 Å². The van der Waals surface area contributed by atoms with Gasteiger partial charge in [-0.05, 0) is 110 Å². The summed E-state index contributed by atoms with van der Waals surface area (Å²) < 4.78 is 0. The smallest absolute Gasteiger partial charge is 0.0264 e. The van der Waals surface area contributed by atoms with Gasteiger partial charge in [-0.2, -0.15) is 0 Å². The van der Waals surface area contributed by atoms with Gasteiger partial charge >= 0.3 is 0 Å². The summed E-state index contributed by atoms with van der Waals surface area (Å²) in [7, 11) is 0. The van der Waals surface area contributed by atoms with Gasteiger partial charge in [-0.25, -0.2) is 0 Å². The van der Waals surface area contributed by atoms with Crippen LogP contribution in [0.3, 0.4) is 0 Å². The molecule has 0 aliphatic heterocycles. The molecule has 0 saturated heterocycles. The molecule has 0 radical (unpaired) electrons. The molecule has 6 unspecified atom stereocenters. The third kappa shape index (κ3) is 3.44. The molecule has 0 spiro atoms. The van der Waals surface area contributed by atoms with E-state index in [1.165, 1.54) is 38.5 Å². The van der Waals surface area contributed by atoms with Gasteiger partial charge in [-0.1, -0.05) is 60.8 Å². The topological polar surface area (TPSA) is 0 Å². The molecule has 156 valence electrons. The van der Waals surface area contributed by atoms with Gasteiger partial charge in [0.1, 0.15) is 0 Å². The first-order valence-corrected chi connectivity index (χ1v) is 12.7. The van der Waals surface area contributed by atoms with Crippen molar-refractivity contribution in [1.82, 2.24) is 0 Å². The first kappa shape index (κ1) is 20.3. The zero-order chi connectivity index (χ0) is 19.4. The highest BCUT2D eigenvalue weighted by Gasteiger charge is 2.60. The summed E-state index contributed by atoms with van der Waals surface area (Å²) in [5.74, 6) is 6.23. The maximum Gasteiger partial charge on any atom is -0.0264 e. The van der Waals surface area contributed by atoms with Gasteiger partial charge in [0, 0.05) is 0 Å². The van der Waals surface area contributed by atoms with Crippen LogP contribution < -0.4 is 0 Å². The molecule has 0 aromatic carbocycles. The van der Waals surface area contributed by atoms with E-state index in [1.54, 1.807) is 38.5 Å². The fraction of sp³-hybridized carbons (Fsp3) is 1.00. The maximum absolute atomic E-state index is 2.74. The monoisotopic (exact) mass is 372 g/mol. The Labute approximate surface area is 170 Å². The second-order valence-electron chi connectivity index (χ2n) is 13.2. The summed E-state index contributed by atoms with van der Waals surface area (Å²) in [5, 5.41) is 0. The fourth-order valence-corrected chi connectivity index (χ4v) is 9.27. The molecule has 4 fully saturated rings. The van der Waals surface area contributed by atoms with Crippen molar-refractivity contribution in [2.24, 2.45) is 51.8 Å². The van der Waals surface area contributed by atoms with Crippen LogP contribution in [0, 0.1) is 51.8 Å². The minimum absolute atomic E-state index is 0.514. The van der Waals surface area contributed by atoms with E-state index in [2.05, 4.69) is 41.5 Å². The molecule has 0 aromatic rings. The van der Waals surface area contributed by atoms with E-state index in [0.717, 1.165) is 35.5 Å². The minimum Gasteiger partial charge on any atom is -0.0622 e. The van der Waals surface area contributed by atoms with Crippen LogP contribution in [0.5, 0.6) is 0 Å². The number of hydrogen-bond acceptors (Lipinski definition) is 0. The molecule has 27 heavy (non-hydrogen) atoms. The summed E-state index contributed by atoms with van der Waals surface area (Å²) in [4.78, 5) is 0. The van der Waals surface area contributed by atoms with Crippen molar-refractivity contribution in [2.75, 3.05) is 0 Å². The first-order chi connectivity index (χ1) is 12.7. The number of fused-ring (bicyclic) bond motifs is 5. The number of hydrogen-bond donors (Lipinski definition) is 0. The van der Waals surface area contributed by atoms with Crippen molar-refractivity contribution in [2.45, 2.75) is 119 Å². The Morgan fingerprint density at radius 3 is 2.30 bits per heavy atom. The quantitative estimate of drug-likeness (QED) is 0.466. The predicted octanol–water partition coefficient (Wildman–Crippen LogP) is 8.50. The predicted molar refractivity (Wildman–Crippen MR) is 118 cm³/mol. The molecular formula is C27H48. The Bertz CT molecular complexity index is 527. The van der Waals surface area contributed by atoms with Gasteiger partial charge in [-0.3, -0.25) is 0 Å². The SMILES string of the molecule is C[C@H]1CC2C3CCC(CCCC(C)(C)C)C3(C)CC[C@@H]2C2(C)CCCCC12. The van der Waals surface area contributed by atoms with Gasteiger partial charge in [0.2, 0.25) is 0 Å². The van der Waals surface area contributed by atoms with Crippen LogP contribution in [0.25, 0.3) is 0 Å². The van der Waals surface area contributed by atoms with Crippen molar-refractivity contribution < 1.29 is 0 Å². The van der Waals surface area contributed by atoms with Crippen LogP contribution in [0.1, 0.15) is 119 Å². The standard InChI is InChI=1S/C27H48/c1-19-18-21-23-13-12-20(10-9-15-25(2,3)4)26(23,5)17-14-24(21)27(6)16-8-7-11-22(19)27/h19-24H,7-18H2,1-6H3/t19-,20?,21?,22?,23?,24-,26?,27?/m0/s1. The Balaban J connectivity index is 1.49. The summed E-state index contributed by atoms with van der Waals surface area (Å²) in [6.07, 6.45) is 18.3. The Morgan fingerprint density at radius 1 is 0.815 bits per heavy atom. The van der Waals surface area contributed by atoms with Gasteiger partial charge in [-0.15, -0.1) is 0 Å². The molecule has 4 rings (SSSR count). The Hall–Kier alpha value is 0. The lowest BCUT2D eigenvalue weighted by Gasteiger charge is -2.62. The Morgan fingerprint density at radius 2 is 1.56 bits per heavy atom. The second-order valence-corrected chi connectivity index (χ2v) is 13.2. The molecule has 4 aliphatic rings. The molecule has 0 nitrogen and oxygen atoms in total. The van der Waals surface area contributed by atoms with Crippen LogP contribution in [-0.2, 0) is 0 Å².